The third-order valence-corrected chi connectivity index (χ3v) is 3.71. The maximum absolute atomic E-state index is 12.1. The lowest BCUT2D eigenvalue weighted by atomic mass is 9.92. The van der Waals surface area contributed by atoms with Crippen LogP contribution in [0.2, 0.25) is 0 Å². The summed E-state index contributed by atoms with van der Waals surface area (Å²) in [4.78, 5) is 26.3. The third kappa shape index (κ3) is 1.86. The highest BCUT2D eigenvalue weighted by molar-refractivity contribution is 5.83. The molecule has 0 unspecified atom stereocenters. The van der Waals surface area contributed by atoms with E-state index in [1.807, 2.05) is 0 Å². The number of amides is 2. The highest BCUT2D eigenvalue weighted by Gasteiger charge is 2.37. The van der Waals surface area contributed by atoms with Gasteiger partial charge in [0.25, 0.3) is 0 Å². The summed E-state index contributed by atoms with van der Waals surface area (Å²) < 4.78 is 0. The molecule has 90 valence electrons. The molecule has 0 spiro atoms. The van der Waals surface area contributed by atoms with E-state index in [0.29, 0.717) is 19.0 Å². The maximum atomic E-state index is 12.1. The van der Waals surface area contributed by atoms with Gasteiger partial charge in [0.15, 0.2) is 0 Å². The quantitative estimate of drug-likeness (QED) is 0.768. The molecule has 16 heavy (non-hydrogen) atoms. The van der Waals surface area contributed by atoms with E-state index in [9.17, 15) is 9.59 Å². The summed E-state index contributed by atoms with van der Waals surface area (Å²) in [6, 6.07) is -0.410. The zero-order valence-corrected chi connectivity index (χ0v) is 9.56. The molecule has 1 saturated carbocycles. The highest BCUT2D eigenvalue weighted by atomic mass is 16.4. The van der Waals surface area contributed by atoms with Gasteiger partial charge in [-0.15, -0.1) is 0 Å². The van der Waals surface area contributed by atoms with E-state index in [2.05, 4.69) is 0 Å². The topological polar surface area (TPSA) is 60.9 Å². The number of hydrogen-bond donors (Lipinski definition) is 1. The van der Waals surface area contributed by atoms with Gasteiger partial charge in [0.05, 0.1) is 0 Å². The van der Waals surface area contributed by atoms with Crippen LogP contribution >= 0.6 is 0 Å². The van der Waals surface area contributed by atoms with E-state index in [1.165, 1.54) is 11.3 Å². The van der Waals surface area contributed by atoms with Gasteiger partial charge < -0.3 is 14.9 Å². The fourth-order valence-electron chi connectivity index (χ4n) is 2.39. The van der Waals surface area contributed by atoms with Gasteiger partial charge in [0, 0.05) is 19.6 Å². The van der Waals surface area contributed by atoms with Crippen LogP contribution in [0.25, 0.3) is 0 Å². The first-order chi connectivity index (χ1) is 7.61. The molecule has 2 amide bonds. The van der Waals surface area contributed by atoms with Crippen LogP contribution in [0.3, 0.4) is 0 Å². The lowest BCUT2D eigenvalue weighted by molar-refractivity contribution is -0.141. The predicted molar refractivity (Wildman–Crippen MR) is 58.2 cm³/mol. The molecular formula is C11H18N2O3. The van der Waals surface area contributed by atoms with E-state index in [4.69, 9.17) is 5.11 Å². The van der Waals surface area contributed by atoms with Crippen molar-refractivity contribution in [2.24, 2.45) is 0 Å². The third-order valence-electron chi connectivity index (χ3n) is 3.71. The molecule has 0 aromatic rings. The lowest BCUT2D eigenvalue weighted by Crippen LogP contribution is -2.51. The Hall–Kier alpha value is -1.26. The summed E-state index contributed by atoms with van der Waals surface area (Å²) in [5.41, 5.74) is 0. The number of nitrogens with zero attached hydrogens (tertiary/aromatic N) is 2. The molecule has 0 aromatic carbocycles. The van der Waals surface area contributed by atoms with Crippen LogP contribution in [0, 0.1) is 0 Å². The molecule has 1 saturated heterocycles. The molecule has 2 aliphatic rings. The van der Waals surface area contributed by atoms with Crippen molar-refractivity contribution in [1.82, 2.24) is 9.80 Å². The van der Waals surface area contributed by atoms with Gasteiger partial charge >= 0.3 is 12.0 Å². The number of rotatable bonds is 2. The Morgan fingerprint density at radius 1 is 1.25 bits per heavy atom. The van der Waals surface area contributed by atoms with Crippen molar-refractivity contribution in [2.45, 2.75) is 44.2 Å². The normalized spacial score (nSPS) is 25.3. The fourth-order valence-corrected chi connectivity index (χ4v) is 2.39. The molecule has 0 aromatic heterocycles. The van der Waals surface area contributed by atoms with Gasteiger partial charge in [-0.1, -0.05) is 0 Å². The summed E-state index contributed by atoms with van der Waals surface area (Å²) in [6.07, 6.45) is 4.65. The van der Waals surface area contributed by atoms with Crippen molar-refractivity contribution in [1.29, 1.82) is 0 Å². The molecule has 1 aliphatic heterocycles. The highest BCUT2D eigenvalue weighted by Crippen LogP contribution is 2.26. The molecule has 5 heteroatoms. The van der Waals surface area contributed by atoms with Crippen molar-refractivity contribution in [3.63, 3.8) is 0 Å². The van der Waals surface area contributed by atoms with Crippen molar-refractivity contribution < 1.29 is 14.7 Å². The first-order valence-corrected chi connectivity index (χ1v) is 5.87. The van der Waals surface area contributed by atoms with Crippen LogP contribution in [0.5, 0.6) is 0 Å². The smallest absolute Gasteiger partial charge is 0.326 e. The molecule has 1 atom stereocenters. The minimum atomic E-state index is -0.882. The van der Waals surface area contributed by atoms with Gasteiger partial charge in [0.1, 0.15) is 6.04 Å². The van der Waals surface area contributed by atoms with Crippen molar-refractivity contribution in [3.8, 4) is 0 Å². The Labute approximate surface area is 95.0 Å². The second kappa shape index (κ2) is 4.31. The summed E-state index contributed by atoms with van der Waals surface area (Å²) in [5, 5.41) is 9.01. The zero-order chi connectivity index (χ0) is 11.7. The fraction of sp³-hybridized carbons (Fsp3) is 0.818. The van der Waals surface area contributed by atoms with Gasteiger partial charge in [-0.25, -0.2) is 9.59 Å². The molecular weight excluding hydrogens is 208 g/mol. The Kier molecular flexibility index (Phi) is 3.03. The summed E-state index contributed by atoms with van der Waals surface area (Å²) in [6.45, 7) is 0.576. The molecule has 0 bridgehead atoms. The second-order valence-corrected chi connectivity index (χ2v) is 4.67. The number of hydrogen-bond acceptors (Lipinski definition) is 2. The van der Waals surface area contributed by atoms with Gasteiger partial charge in [0.2, 0.25) is 0 Å². The van der Waals surface area contributed by atoms with Gasteiger partial charge in [-0.3, -0.25) is 0 Å². The minimum Gasteiger partial charge on any atom is -0.480 e. The molecule has 1 aliphatic carbocycles. The van der Waals surface area contributed by atoms with E-state index >= 15 is 0 Å². The molecule has 1 N–H and O–H groups in total. The lowest BCUT2D eigenvalue weighted by Gasteiger charge is -2.37. The summed E-state index contributed by atoms with van der Waals surface area (Å²) >= 11 is 0. The molecule has 1 heterocycles. The van der Waals surface area contributed by atoms with Crippen molar-refractivity contribution in [2.75, 3.05) is 13.6 Å². The standard InChI is InChI=1S/C11H18N2O3/c1-12(8-4-2-5-8)11(16)13-7-3-6-9(13)10(14)15/h8-9H,2-7H2,1H3,(H,14,15)/t9-/m1/s1. The molecule has 2 fully saturated rings. The first kappa shape index (κ1) is 11.2. The van der Waals surface area contributed by atoms with Crippen LogP contribution in [0.1, 0.15) is 32.1 Å². The Morgan fingerprint density at radius 2 is 1.94 bits per heavy atom. The van der Waals surface area contributed by atoms with Gasteiger partial charge in [-0.2, -0.15) is 0 Å². The monoisotopic (exact) mass is 226 g/mol. The van der Waals surface area contributed by atoms with Crippen LogP contribution in [-0.4, -0.2) is 52.6 Å². The van der Waals surface area contributed by atoms with Crippen molar-refractivity contribution >= 4 is 12.0 Å². The second-order valence-electron chi connectivity index (χ2n) is 4.67. The van der Waals surface area contributed by atoms with Crippen molar-refractivity contribution in [3.05, 3.63) is 0 Å². The maximum Gasteiger partial charge on any atom is 0.326 e. The molecule has 0 radical (unpaired) electrons. The minimum absolute atomic E-state index is 0.116. The van der Waals surface area contributed by atoms with Crippen LogP contribution in [-0.2, 0) is 4.79 Å². The Bertz CT molecular complexity index is 302. The number of carboxylic acid groups (broad SMARTS) is 1. The van der Waals surface area contributed by atoms with E-state index in [-0.39, 0.29) is 6.03 Å². The first-order valence-electron chi connectivity index (χ1n) is 5.87. The van der Waals surface area contributed by atoms with Gasteiger partial charge in [-0.05, 0) is 32.1 Å². The van der Waals surface area contributed by atoms with Crippen LogP contribution in [0.4, 0.5) is 4.79 Å². The number of carbonyl (C=O) groups excluding carboxylic acids is 1. The number of urea groups is 1. The Balaban J connectivity index is 1.99. The zero-order valence-electron chi connectivity index (χ0n) is 9.56. The largest absolute Gasteiger partial charge is 0.480 e. The SMILES string of the molecule is CN(C(=O)N1CCC[C@@H]1C(=O)O)C1CCC1. The molecule has 2 rings (SSSR count). The number of carboxylic acids is 1. The van der Waals surface area contributed by atoms with Crippen LogP contribution in [0.15, 0.2) is 0 Å². The molecule has 5 nitrogen and oxygen atoms in total. The average Bonchev–Trinajstić information content (AvgIpc) is 2.61. The van der Waals surface area contributed by atoms with E-state index < -0.39 is 12.0 Å². The number of aliphatic carboxylic acids is 1. The Morgan fingerprint density at radius 3 is 2.44 bits per heavy atom. The number of carbonyl (C=O) groups is 2. The van der Waals surface area contributed by atoms with E-state index in [0.717, 1.165) is 19.3 Å². The number of likely N-dealkylation sites (tertiary alicyclic amines) is 1. The van der Waals surface area contributed by atoms with E-state index in [1.54, 1.807) is 11.9 Å². The predicted octanol–water partition coefficient (Wildman–Crippen LogP) is 1.14. The van der Waals surface area contributed by atoms with Crippen LogP contribution < -0.4 is 0 Å². The average molecular weight is 226 g/mol. The summed E-state index contributed by atoms with van der Waals surface area (Å²) in [7, 11) is 1.78. The summed E-state index contributed by atoms with van der Waals surface area (Å²) in [5.74, 6) is -0.882.